The Kier molecular flexibility index (Phi) is 7.43. The predicted octanol–water partition coefficient (Wildman–Crippen LogP) is 3.63. The number of imidazole rings is 1. The maximum atomic E-state index is 12.6. The van der Waals surface area contributed by atoms with Gasteiger partial charge in [-0.2, -0.15) is 0 Å². The van der Waals surface area contributed by atoms with Crippen molar-refractivity contribution in [2.75, 3.05) is 25.6 Å². The van der Waals surface area contributed by atoms with E-state index in [1.807, 2.05) is 12.1 Å². The van der Waals surface area contributed by atoms with Crippen molar-refractivity contribution < 1.29 is 23.8 Å². The van der Waals surface area contributed by atoms with Crippen LogP contribution in [0.1, 0.15) is 33.1 Å². The number of nitrogen functional groups attached to an aromatic ring is 1. The molecule has 1 saturated heterocycles. The summed E-state index contributed by atoms with van der Waals surface area (Å²) >= 11 is 5.12. The molecular formula is C24H27BrN6O5S. The third kappa shape index (κ3) is 5.47. The average Bonchev–Trinajstić information content (AvgIpc) is 3.47. The molecule has 0 radical (unpaired) electrons. The topological polar surface area (TPSA) is 135 Å². The smallest absolute Gasteiger partial charge is 0.303 e. The monoisotopic (exact) mass is 590 g/mol. The minimum atomic E-state index is -0.758. The van der Waals surface area contributed by atoms with E-state index in [1.165, 1.54) is 25.0 Å². The van der Waals surface area contributed by atoms with Crippen LogP contribution < -0.4 is 15.2 Å². The summed E-state index contributed by atoms with van der Waals surface area (Å²) in [7, 11) is 0. The van der Waals surface area contributed by atoms with Crippen LogP contribution in [0.2, 0.25) is 0 Å². The number of benzene rings is 1. The second-order valence-electron chi connectivity index (χ2n) is 9.02. The number of nitrogens with zero attached hydrogens (tertiary/aromatic N) is 5. The number of fused-ring (bicyclic) bond motifs is 2. The number of hydrogen-bond acceptors (Lipinski definition) is 10. The first kappa shape index (κ1) is 25.6. The summed E-state index contributed by atoms with van der Waals surface area (Å²) in [6.07, 6.45) is 3.34. The fourth-order valence-electron chi connectivity index (χ4n) is 4.60. The Morgan fingerprint density at radius 1 is 1.24 bits per heavy atom. The predicted molar refractivity (Wildman–Crippen MR) is 139 cm³/mol. The molecule has 1 fully saturated rings. The highest BCUT2D eigenvalue weighted by atomic mass is 79.9. The molecule has 5 rings (SSSR count). The van der Waals surface area contributed by atoms with Crippen molar-refractivity contribution in [2.24, 2.45) is 5.92 Å². The molecule has 196 valence electrons. The Balaban J connectivity index is 1.30. The Hall–Kier alpha value is -3.06. The third-order valence-electron chi connectivity index (χ3n) is 6.53. The van der Waals surface area contributed by atoms with Crippen LogP contribution in [-0.4, -0.2) is 62.3 Å². The van der Waals surface area contributed by atoms with E-state index >= 15 is 0 Å². The van der Waals surface area contributed by atoms with Gasteiger partial charge in [-0.1, -0.05) is 11.8 Å². The molecule has 2 aliphatic rings. The summed E-state index contributed by atoms with van der Waals surface area (Å²) in [6.45, 7) is 5.10. The SMILES string of the molecule is CC(=O)O[C@@H](C)C(=O)N1CCC(CCn2c(Sc3cc4c(cc3Br)OCO4)nc3c(N)ncnc32)CC1. The van der Waals surface area contributed by atoms with Crippen LogP contribution in [0.25, 0.3) is 11.2 Å². The summed E-state index contributed by atoms with van der Waals surface area (Å²) in [6, 6.07) is 3.82. The van der Waals surface area contributed by atoms with Crippen molar-refractivity contribution in [1.29, 1.82) is 0 Å². The van der Waals surface area contributed by atoms with Gasteiger partial charge >= 0.3 is 5.97 Å². The second kappa shape index (κ2) is 10.7. The molecule has 3 aromatic rings. The molecule has 0 saturated carbocycles. The zero-order chi connectivity index (χ0) is 26.1. The van der Waals surface area contributed by atoms with E-state index in [0.717, 1.165) is 33.8 Å². The number of ether oxygens (including phenoxy) is 3. The number of nitrogens with two attached hydrogens (primary N) is 1. The van der Waals surface area contributed by atoms with Gasteiger partial charge in [0.25, 0.3) is 5.91 Å². The fourth-order valence-corrected chi connectivity index (χ4v) is 6.11. The van der Waals surface area contributed by atoms with E-state index in [2.05, 4.69) is 30.5 Å². The largest absolute Gasteiger partial charge is 0.454 e. The number of likely N-dealkylation sites (tertiary alicyclic amines) is 1. The van der Waals surface area contributed by atoms with Crippen molar-refractivity contribution in [3.63, 3.8) is 0 Å². The minimum absolute atomic E-state index is 0.144. The fraction of sp³-hybridized carbons (Fsp3) is 0.458. The molecule has 0 spiro atoms. The van der Waals surface area contributed by atoms with Gasteiger partial charge < -0.3 is 29.4 Å². The van der Waals surface area contributed by atoms with Crippen molar-refractivity contribution >= 4 is 56.6 Å². The first-order chi connectivity index (χ1) is 17.8. The van der Waals surface area contributed by atoms with E-state index in [9.17, 15) is 9.59 Å². The summed E-state index contributed by atoms with van der Waals surface area (Å²) in [5, 5.41) is 0.754. The van der Waals surface area contributed by atoms with Gasteiger partial charge in [-0.15, -0.1) is 0 Å². The van der Waals surface area contributed by atoms with Crippen LogP contribution in [0.3, 0.4) is 0 Å². The molecule has 1 amide bonds. The highest BCUT2D eigenvalue weighted by Gasteiger charge is 2.28. The van der Waals surface area contributed by atoms with E-state index < -0.39 is 12.1 Å². The third-order valence-corrected chi connectivity index (χ3v) is 8.50. The van der Waals surface area contributed by atoms with Crippen molar-refractivity contribution in [3.8, 4) is 11.5 Å². The number of halogens is 1. The normalized spacial score (nSPS) is 16.2. The molecular weight excluding hydrogens is 564 g/mol. The maximum Gasteiger partial charge on any atom is 0.303 e. The number of hydrogen-bond donors (Lipinski definition) is 1. The lowest BCUT2D eigenvalue weighted by Crippen LogP contribution is -2.44. The number of esters is 1. The lowest BCUT2D eigenvalue weighted by atomic mass is 9.93. The highest BCUT2D eigenvalue weighted by molar-refractivity contribution is 9.10. The summed E-state index contributed by atoms with van der Waals surface area (Å²) in [4.78, 5) is 39.8. The van der Waals surface area contributed by atoms with E-state index in [4.69, 9.17) is 24.9 Å². The first-order valence-electron chi connectivity index (χ1n) is 12.0. The molecule has 37 heavy (non-hydrogen) atoms. The zero-order valence-electron chi connectivity index (χ0n) is 20.5. The van der Waals surface area contributed by atoms with E-state index in [-0.39, 0.29) is 12.7 Å². The standard InChI is InChI=1S/C24H27BrN6O5S/c1-13(36-14(2)32)23(33)30-6-3-15(4-7-30)5-8-31-22-20(21(26)27-11-28-22)29-24(31)37-19-10-18-17(9-16(19)25)34-12-35-18/h9-11,13,15H,3-8,12H2,1-2H3,(H2,26,27,28)/t13-/m0/s1. The average molecular weight is 591 g/mol. The minimum Gasteiger partial charge on any atom is -0.454 e. The Bertz CT molecular complexity index is 1340. The quantitative estimate of drug-likeness (QED) is 0.406. The molecule has 1 atom stereocenters. The van der Waals surface area contributed by atoms with Crippen molar-refractivity contribution in [2.45, 2.75) is 55.8 Å². The molecule has 0 bridgehead atoms. The van der Waals surface area contributed by atoms with Crippen LogP contribution in [0, 0.1) is 5.92 Å². The molecule has 2 N–H and O–H groups in total. The molecule has 11 nitrogen and oxygen atoms in total. The number of carbonyl (C=O) groups is 2. The summed E-state index contributed by atoms with van der Waals surface area (Å²) in [5.74, 6) is 1.57. The lowest BCUT2D eigenvalue weighted by Gasteiger charge is -2.33. The van der Waals surface area contributed by atoms with E-state index in [1.54, 1.807) is 11.8 Å². The van der Waals surface area contributed by atoms with Gasteiger partial charge in [-0.05, 0) is 60.2 Å². The van der Waals surface area contributed by atoms with Crippen molar-refractivity contribution in [3.05, 3.63) is 22.9 Å². The number of anilines is 1. The number of piperidine rings is 1. The second-order valence-corrected chi connectivity index (χ2v) is 10.9. The highest BCUT2D eigenvalue weighted by Crippen LogP contribution is 2.43. The zero-order valence-corrected chi connectivity index (χ0v) is 22.9. The molecule has 0 aliphatic carbocycles. The van der Waals surface area contributed by atoms with Gasteiger partial charge in [0.2, 0.25) is 6.79 Å². The Morgan fingerprint density at radius 3 is 2.70 bits per heavy atom. The summed E-state index contributed by atoms with van der Waals surface area (Å²) < 4.78 is 19.0. The number of aromatic nitrogens is 4. The first-order valence-corrected chi connectivity index (χ1v) is 13.6. The molecule has 13 heteroatoms. The van der Waals surface area contributed by atoms with Gasteiger partial charge in [0.1, 0.15) is 6.33 Å². The Labute approximate surface area is 226 Å². The van der Waals surface area contributed by atoms with Gasteiger partial charge in [-0.25, -0.2) is 15.0 Å². The van der Waals surface area contributed by atoms with Crippen molar-refractivity contribution in [1.82, 2.24) is 24.4 Å². The van der Waals surface area contributed by atoms with Crippen LogP contribution in [0.4, 0.5) is 5.82 Å². The number of aryl methyl sites for hydroxylation is 1. The molecule has 4 heterocycles. The summed E-state index contributed by atoms with van der Waals surface area (Å²) in [5.41, 5.74) is 7.38. The van der Waals surface area contributed by atoms with E-state index in [0.29, 0.717) is 54.0 Å². The van der Waals surface area contributed by atoms with Gasteiger partial charge in [-0.3, -0.25) is 9.59 Å². The van der Waals surface area contributed by atoms with Gasteiger partial charge in [0.15, 0.2) is 39.7 Å². The number of amides is 1. The van der Waals surface area contributed by atoms with Crippen LogP contribution in [0.15, 0.2) is 33.0 Å². The maximum absolute atomic E-state index is 12.6. The van der Waals surface area contributed by atoms with Gasteiger partial charge in [0, 0.05) is 35.9 Å². The molecule has 1 aromatic carbocycles. The van der Waals surface area contributed by atoms with Crippen LogP contribution >= 0.6 is 27.7 Å². The van der Waals surface area contributed by atoms with Gasteiger partial charge in [0.05, 0.1) is 0 Å². The number of carbonyl (C=O) groups excluding carboxylic acids is 2. The number of rotatable bonds is 7. The van der Waals surface area contributed by atoms with Crippen LogP contribution in [0.5, 0.6) is 11.5 Å². The molecule has 0 unspecified atom stereocenters. The Morgan fingerprint density at radius 2 is 1.97 bits per heavy atom. The van der Waals surface area contributed by atoms with Crippen LogP contribution in [-0.2, 0) is 20.9 Å². The molecule has 2 aliphatic heterocycles. The lowest BCUT2D eigenvalue weighted by molar-refractivity contribution is -0.158. The molecule has 2 aromatic heterocycles.